The Bertz CT molecular complexity index is 961. The molecule has 0 spiro atoms. The van der Waals surface area contributed by atoms with Crippen molar-refractivity contribution in [2.75, 3.05) is 13.1 Å². The molecule has 0 N–H and O–H groups in total. The third-order valence-corrected chi connectivity index (χ3v) is 5.87. The van der Waals surface area contributed by atoms with Crippen LogP contribution in [-0.2, 0) is 11.3 Å². The molecule has 0 unspecified atom stereocenters. The average Bonchev–Trinajstić information content (AvgIpc) is 3.24. The highest BCUT2D eigenvalue weighted by atomic mass is 16.3. The smallest absolute Gasteiger partial charge is 0.239 e. The molecule has 5 rings (SSSR count). The van der Waals surface area contributed by atoms with Gasteiger partial charge in [-0.25, -0.2) is 0 Å². The number of furan rings is 1. The molecule has 2 aliphatic rings. The second kappa shape index (κ2) is 5.60. The van der Waals surface area contributed by atoms with Crippen molar-refractivity contribution >= 4 is 27.8 Å². The van der Waals surface area contributed by atoms with Crippen LogP contribution in [0.5, 0.6) is 0 Å². The van der Waals surface area contributed by atoms with E-state index in [2.05, 4.69) is 34.1 Å². The molecule has 0 bridgehead atoms. The number of para-hydroxylation sites is 2. The van der Waals surface area contributed by atoms with E-state index in [0.717, 1.165) is 54.4 Å². The van der Waals surface area contributed by atoms with Gasteiger partial charge in [-0.15, -0.1) is 0 Å². The van der Waals surface area contributed by atoms with Gasteiger partial charge >= 0.3 is 0 Å². The molecule has 2 aliphatic heterocycles. The van der Waals surface area contributed by atoms with E-state index in [9.17, 15) is 4.79 Å². The van der Waals surface area contributed by atoms with Crippen LogP contribution in [0.3, 0.4) is 0 Å². The number of hydrogen-bond donors (Lipinski definition) is 0. The lowest BCUT2D eigenvalue weighted by atomic mass is 10.0. The first-order chi connectivity index (χ1) is 12.2. The molecule has 128 valence electrons. The standard InChI is InChI=1S/C21H22N2O2/c1-14-21(24)23-11-5-7-16(23)13-22(14)12-15-6-4-9-18-17-8-2-3-10-19(17)25-20(15)18/h2-4,6,8-10,14,16H,5,7,11-13H2,1H3/t14-,16-/m1/s1. The van der Waals surface area contributed by atoms with Gasteiger partial charge in [0.1, 0.15) is 11.2 Å². The topological polar surface area (TPSA) is 36.7 Å². The summed E-state index contributed by atoms with van der Waals surface area (Å²) in [4.78, 5) is 17.1. The molecule has 2 atom stereocenters. The quantitative estimate of drug-likeness (QED) is 0.716. The first-order valence-corrected chi connectivity index (χ1v) is 9.16. The summed E-state index contributed by atoms with van der Waals surface area (Å²) >= 11 is 0. The van der Waals surface area contributed by atoms with Crippen LogP contribution in [-0.4, -0.2) is 40.9 Å². The number of amides is 1. The van der Waals surface area contributed by atoms with E-state index >= 15 is 0 Å². The number of rotatable bonds is 2. The Hall–Kier alpha value is -2.33. The van der Waals surface area contributed by atoms with Gasteiger partial charge in [0.15, 0.2) is 0 Å². The van der Waals surface area contributed by atoms with Crippen LogP contribution in [0.2, 0.25) is 0 Å². The highest BCUT2D eigenvalue weighted by Crippen LogP contribution is 2.33. The lowest BCUT2D eigenvalue weighted by molar-refractivity contribution is -0.143. The number of fused-ring (bicyclic) bond motifs is 4. The minimum absolute atomic E-state index is 0.0611. The Morgan fingerprint density at radius 3 is 2.88 bits per heavy atom. The molecule has 0 radical (unpaired) electrons. The Morgan fingerprint density at radius 2 is 1.96 bits per heavy atom. The number of carbonyl (C=O) groups is 1. The van der Waals surface area contributed by atoms with Gasteiger partial charge in [-0.3, -0.25) is 9.69 Å². The molecule has 2 aromatic carbocycles. The van der Waals surface area contributed by atoms with Crippen LogP contribution in [0.25, 0.3) is 21.9 Å². The maximum Gasteiger partial charge on any atom is 0.239 e. The fraction of sp³-hybridized carbons (Fsp3) is 0.381. The van der Waals surface area contributed by atoms with Crippen molar-refractivity contribution in [3.8, 4) is 0 Å². The Kier molecular flexibility index (Phi) is 3.35. The van der Waals surface area contributed by atoms with E-state index < -0.39 is 0 Å². The molecule has 2 fully saturated rings. The van der Waals surface area contributed by atoms with Crippen molar-refractivity contribution in [1.29, 1.82) is 0 Å². The Labute approximate surface area is 147 Å². The fourth-order valence-corrected chi connectivity index (χ4v) is 4.49. The molecule has 3 aromatic rings. The molecule has 2 saturated heterocycles. The first-order valence-electron chi connectivity index (χ1n) is 9.16. The van der Waals surface area contributed by atoms with Crippen LogP contribution >= 0.6 is 0 Å². The van der Waals surface area contributed by atoms with Crippen molar-refractivity contribution < 1.29 is 9.21 Å². The zero-order valence-electron chi connectivity index (χ0n) is 14.4. The number of benzene rings is 2. The Balaban J connectivity index is 1.52. The summed E-state index contributed by atoms with van der Waals surface area (Å²) in [5, 5.41) is 2.32. The number of piperazine rings is 1. The molecule has 25 heavy (non-hydrogen) atoms. The van der Waals surface area contributed by atoms with Crippen molar-refractivity contribution in [3.05, 3.63) is 48.0 Å². The SMILES string of the molecule is C[C@@H]1C(=O)N2CCC[C@@H]2CN1Cc1cccc2c1oc1ccccc12. The second-order valence-electron chi connectivity index (χ2n) is 7.33. The largest absolute Gasteiger partial charge is 0.456 e. The molecular weight excluding hydrogens is 312 g/mol. The predicted molar refractivity (Wildman–Crippen MR) is 98.3 cm³/mol. The van der Waals surface area contributed by atoms with Gasteiger partial charge in [-0.05, 0) is 25.8 Å². The van der Waals surface area contributed by atoms with E-state index in [1.807, 2.05) is 25.1 Å². The summed E-state index contributed by atoms with van der Waals surface area (Å²) in [6.07, 6.45) is 2.26. The van der Waals surface area contributed by atoms with Crippen LogP contribution in [0.15, 0.2) is 46.9 Å². The van der Waals surface area contributed by atoms with Gasteiger partial charge in [-0.2, -0.15) is 0 Å². The minimum atomic E-state index is -0.0611. The minimum Gasteiger partial charge on any atom is -0.456 e. The van der Waals surface area contributed by atoms with Gasteiger partial charge in [0, 0.05) is 42.0 Å². The zero-order valence-corrected chi connectivity index (χ0v) is 14.4. The summed E-state index contributed by atoms with van der Waals surface area (Å²) in [5.41, 5.74) is 3.05. The monoisotopic (exact) mass is 334 g/mol. The Morgan fingerprint density at radius 1 is 1.12 bits per heavy atom. The van der Waals surface area contributed by atoms with Crippen LogP contribution in [0.4, 0.5) is 0 Å². The second-order valence-corrected chi connectivity index (χ2v) is 7.33. The highest BCUT2D eigenvalue weighted by Gasteiger charge is 2.40. The maximum atomic E-state index is 12.7. The van der Waals surface area contributed by atoms with Gasteiger partial charge in [0.2, 0.25) is 5.91 Å². The summed E-state index contributed by atoms with van der Waals surface area (Å²) in [7, 11) is 0. The van der Waals surface area contributed by atoms with E-state index in [4.69, 9.17) is 4.42 Å². The lowest BCUT2D eigenvalue weighted by Crippen LogP contribution is -2.58. The van der Waals surface area contributed by atoms with Gasteiger partial charge in [-0.1, -0.05) is 36.4 Å². The first kappa shape index (κ1) is 15.0. The summed E-state index contributed by atoms with van der Waals surface area (Å²) in [5.74, 6) is 0.283. The third kappa shape index (κ3) is 2.28. The average molecular weight is 334 g/mol. The van der Waals surface area contributed by atoms with Gasteiger partial charge < -0.3 is 9.32 Å². The molecule has 3 heterocycles. The normalized spacial score (nSPS) is 24.4. The van der Waals surface area contributed by atoms with Crippen molar-refractivity contribution in [1.82, 2.24) is 9.80 Å². The van der Waals surface area contributed by atoms with Crippen LogP contribution < -0.4 is 0 Å². The molecule has 4 nitrogen and oxygen atoms in total. The number of nitrogens with zero attached hydrogens (tertiary/aromatic N) is 2. The molecular formula is C21H22N2O2. The third-order valence-electron chi connectivity index (χ3n) is 5.87. The van der Waals surface area contributed by atoms with Crippen molar-refractivity contribution in [3.63, 3.8) is 0 Å². The highest BCUT2D eigenvalue weighted by molar-refractivity contribution is 6.05. The lowest BCUT2D eigenvalue weighted by Gasteiger charge is -2.41. The van der Waals surface area contributed by atoms with Crippen molar-refractivity contribution in [2.45, 2.75) is 38.4 Å². The summed E-state index contributed by atoms with van der Waals surface area (Å²) in [6, 6.07) is 14.8. The molecule has 0 aliphatic carbocycles. The predicted octanol–water partition coefficient (Wildman–Crippen LogP) is 3.78. The van der Waals surface area contributed by atoms with Crippen LogP contribution in [0.1, 0.15) is 25.3 Å². The van der Waals surface area contributed by atoms with Crippen molar-refractivity contribution in [2.24, 2.45) is 0 Å². The fourth-order valence-electron chi connectivity index (χ4n) is 4.49. The van der Waals surface area contributed by atoms with E-state index in [0.29, 0.717) is 6.04 Å². The van der Waals surface area contributed by atoms with Crippen LogP contribution in [0, 0.1) is 0 Å². The summed E-state index contributed by atoms with van der Waals surface area (Å²) in [6.45, 7) is 4.69. The number of hydrogen-bond acceptors (Lipinski definition) is 3. The molecule has 1 amide bonds. The van der Waals surface area contributed by atoms with E-state index in [1.54, 1.807) is 0 Å². The van der Waals surface area contributed by atoms with E-state index in [1.165, 1.54) is 5.56 Å². The van der Waals surface area contributed by atoms with Gasteiger partial charge in [0.05, 0.1) is 6.04 Å². The number of carbonyl (C=O) groups excluding carboxylic acids is 1. The maximum absolute atomic E-state index is 12.7. The van der Waals surface area contributed by atoms with Gasteiger partial charge in [0.25, 0.3) is 0 Å². The van der Waals surface area contributed by atoms with E-state index in [-0.39, 0.29) is 11.9 Å². The summed E-state index contributed by atoms with van der Waals surface area (Å²) < 4.78 is 6.15. The molecule has 1 aromatic heterocycles. The molecule has 4 heteroatoms. The molecule has 0 saturated carbocycles. The zero-order chi connectivity index (χ0) is 17.0.